The first kappa shape index (κ1) is 27.5. The lowest BCUT2D eigenvalue weighted by Crippen LogP contribution is -1.92. The number of halogens is 1. The molecule has 3 heteroatoms. The number of unbranched alkanes of at least 4 members (excludes halogenated alkanes) is 13. The maximum absolute atomic E-state index is 9.60. The molecular weight excluding hydrogens is 352 g/mol. The van der Waals surface area contributed by atoms with Gasteiger partial charge in [0.15, 0.2) is 0 Å². The second-order valence-electron chi connectivity index (χ2n) is 6.33. The molecule has 0 radical (unpaired) electrons. The van der Waals surface area contributed by atoms with Gasteiger partial charge in [0.2, 0.25) is 0 Å². The lowest BCUT2D eigenvalue weighted by molar-refractivity contribution is -0.132. The van der Waals surface area contributed by atoms with E-state index >= 15 is 0 Å². The van der Waals surface area contributed by atoms with Gasteiger partial charge in [0, 0.05) is 5.57 Å². The first-order chi connectivity index (χ1) is 10.6. The highest BCUT2D eigenvalue weighted by Gasteiger charge is 1.93. The molecule has 0 unspecified atom stereocenters. The molecule has 0 bridgehead atoms. The first-order valence-electron chi connectivity index (χ1n) is 9.45. The number of aliphatic carboxylic acids is 1. The minimum Gasteiger partial charge on any atom is -0.478 e. The molecule has 140 valence electrons. The van der Waals surface area contributed by atoms with Crippen LogP contribution in [0.25, 0.3) is 0 Å². The van der Waals surface area contributed by atoms with E-state index in [2.05, 4.69) is 20.4 Å². The molecule has 0 aliphatic heterocycles. The van der Waals surface area contributed by atoms with Crippen molar-refractivity contribution in [3.05, 3.63) is 12.2 Å². The van der Waals surface area contributed by atoms with Crippen LogP contribution < -0.4 is 0 Å². The average molecular weight is 393 g/mol. The highest BCUT2D eigenvalue weighted by atomic mass is 79.9. The summed E-state index contributed by atoms with van der Waals surface area (Å²) in [6.45, 7) is 9.18. The molecular formula is C20H41BrO2. The summed E-state index contributed by atoms with van der Waals surface area (Å²) in [6.07, 6.45) is 20.4. The summed E-state index contributed by atoms with van der Waals surface area (Å²) < 4.78 is 0. The number of carboxylic acids is 1. The third kappa shape index (κ3) is 30.2. The number of carboxylic acid groups (broad SMARTS) is 1. The van der Waals surface area contributed by atoms with Gasteiger partial charge in [-0.2, -0.15) is 0 Å². The first-order valence-corrected chi connectivity index (χ1v) is 9.45. The Morgan fingerprint density at radius 1 is 0.696 bits per heavy atom. The van der Waals surface area contributed by atoms with Gasteiger partial charge in [0.1, 0.15) is 0 Å². The molecule has 0 heterocycles. The van der Waals surface area contributed by atoms with E-state index in [1.807, 2.05) is 0 Å². The molecule has 0 saturated heterocycles. The standard InChI is InChI=1S/C16H34.C4H6O2.BrH/c1-3-5-7-9-11-13-15-16-14-12-10-8-6-4-2;1-3(2)4(5)6;/h3-16H2,1-2H3;1H2,2H3,(H,5,6);1H. The van der Waals surface area contributed by atoms with Crippen LogP contribution in [-0.4, -0.2) is 11.1 Å². The van der Waals surface area contributed by atoms with Crippen LogP contribution in [0.15, 0.2) is 12.2 Å². The Kier molecular flexibility index (Phi) is 28.7. The number of carbonyl (C=O) groups is 1. The summed E-state index contributed by atoms with van der Waals surface area (Å²) in [5.41, 5.74) is 0.176. The van der Waals surface area contributed by atoms with Gasteiger partial charge in [-0.15, -0.1) is 17.0 Å². The second-order valence-corrected chi connectivity index (χ2v) is 6.33. The van der Waals surface area contributed by atoms with Gasteiger partial charge in [0.25, 0.3) is 0 Å². The van der Waals surface area contributed by atoms with Gasteiger partial charge in [0.05, 0.1) is 0 Å². The predicted molar refractivity (Wildman–Crippen MR) is 109 cm³/mol. The third-order valence-corrected chi connectivity index (χ3v) is 3.82. The Morgan fingerprint density at radius 3 is 1.00 bits per heavy atom. The van der Waals surface area contributed by atoms with Crippen LogP contribution in [0.3, 0.4) is 0 Å². The van der Waals surface area contributed by atoms with Gasteiger partial charge < -0.3 is 5.11 Å². The molecule has 2 nitrogen and oxygen atoms in total. The molecule has 0 amide bonds. The van der Waals surface area contributed by atoms with Crippen LogP contribution in [0.4, 0.5) is 0 Å². The molecule has 0 aliphatic rings. The molecule has 0 atom stereocenters. The average Bonchev–Trinajstić information content (AvgIpc) is 2.49. The molecule has 0 aromatic rings. The summed E-state index contributed by atoms with van der Waals surface area (Å²) in [4.78, 5) is 9.60. The molecule has 0 fully saturated rings. The Labute approximate surface area is 155 Å². The van der Waals surface area contributed by atoms with Crippen molar-refractivity contribution in [2.24, 2.45) is 0 Å². The Hall–Kier alpha value is -0.310. The summed E-state index contributed by atoms with van der Waals surface area (Å²) in [5.74, 6) is -0.935. The molecule has 0 saturated carbocycles. The van der Waals surface area contributed by atoms with Crippen molar-refractivity contribution >= 4 is 23.0 Å². The lowest BCUT2D eigenvalue weighted by Gasteiger charge is -2.02. The number of hydrogen-bond acceptors (Lipinski definition) is 1. The summed E-state index contributed by atoms with van der Waals surface area (Å²) in [7, 11) is 0. The largest absolute Gasteiger partial charge is 0.478 e. The maximum Gasteiger partial charge on any atom is 0.330 e. The summed E-state index contributed by atoms with van der Waals surface area (Å²) in [6, 6.07) is 0. The van der Waals surface area contributed by atoms with E-state index < -0.39 is 5.97 Å². The number of hydrogen-bond donors (Lipinski definition) is 1. The van der Waals surface area contributed by atoms with Crippen molar-refractivity contribution in [3.63, 3.8) is 0 Å². The normalized spacial score (nSPS) is 9.52. The Morgan fingerprint density at radius 2 is 0.870 bits per heavy atom. The highest BCUT2D eigenvalue weighted by molar-refractivity contribution is 8.93. The minimum atomic E-state index is -0.935. The van der Waals surface area contributed by atoms with E-state index in [0.29, 0.717) is 0 Å². The van der Waals surface area contributed by atoms with Crippen molar-refractivity contribution in [1.29, 1.82) is 0 Å². The van der Waals surface area contributed by atoms with Gasteiger partial charge in [-0.05, 0) is 6.92 Å². The maximum atomic E-state index is 9.60. The van der Waals surface area contributed by atoms with Gasteiger partial charge in [-0.3, -0.25) is 0 Å². The van der Waals surface area contributed by atoms with Crippen molar-refractivity contribution in [1.82, 2.24) is 0 Å². The SMILES string of the molecule is Br.C=C(C)C(=O)O.CCCCCCCCCCCCCCCC. The molecule has 23 heavy (non-hydrogen) atoms. The zero-order valence-electron chi connectivity index (χ0n) is 15.9. The van der Waals surface area contributed by atoms with E-state index in [-0.39, 0.29) is 22.6 Å². The zero-order valence-corrected chi connectivity index (χ0v) is 17.6. The van der Waals surface area contributed by atoms with Gasteiger partial charge >= 0.3 is 5.97 Å². The van der Waals surface area contributed by atoms with Crippen LogP contribution in [0, 0.1) is 0 Å². The molecule has 0 aromatic carbocycles. The van der Waals surface area contributed by atoms with E-state index in [1.165, 1.54) is 96.8 Å². The van der Waals surface area contributed by atoms with E-state index in [1.54, 1.807) is 0 Å². The summed E-state index contributed by atoms with van der Waals surface area (Å²) in [5, 5.41) is 7.89. The van der Waals surface area contributed by atoms with Crippen molar-refractivity contribution < 1.29 is 9.90 Å². The molecule has 0 rings (SSSR count). The quantitative estimate of drug-likeness (QED) is 0.242. The van der Waals surface area contributed by atoms with Crippen LogP contribution in [0.5, 0.6) is 0 Å². The molecule has 1 N–H and O–H groups in total. The van der Waals surface area contributed by atoms with Crippen LogP contribution in [0.2, 0.25) is 0 Å². The zero-order chi connectivity index (χ0) is 17.1. The van der Waals surface area contributed by atoms with E-state index in [0.717, 1.165) is 0 Å². The fraction of sp³-hybridized carbons (Fsp3) is 0.850. The van der Waals surface area contributed by atoms with Crippen LogP contribution in [-0.2, 0) is 4.79 Å². The van der Waals surface area contributed by atoms with Crippen LogP contribution in [0.1, 0.15) is 111 Å². The predicted octanol–water partition coefficient (Wildman–Crippen LogP) is 7.71. The molecule has 0 aliphatic carbocycles. The van der Waals surface area contributed by atoms with Gasteiger partial charge in [-0.25, -0.2) is 4.79 Å². The van der Waals surface area contributed by atoms with Gasteiger partial charge in [-0.1, -0.05) is 110 Å². The minimum absolute atomic E-state index is 0. The second kappa shape index (κ2) is 23.9. The van der Waals surface area contributed by atoms with Crippen molar-refractivity contribution in [3.8, 4) is 0 Å². The monoisotopic (exact) mass is 392 g/mol. The summed E-state index contributed by atoms with van der Waals surface area (Å²) >= 11 is 0. The van der Waals surface area contributed by atoms with Crippen molar-refractivity contribution in [2.45, 2.75) is 111 Å². The number of rotatable bonds is 14. The van der Waals surface area contributed by atoms with Crippen LogP contribution >= 0.6 is 17.0 Å². The van der Waals surface area contributed by atoms with Crippen molar-refractivity contribution in [2.75, 3.05) is 0 Å². The fourth-order valence-corrected chi connectivity index (χ4v) is 2.27. The lowest BCUT2D eigenvalue weighted by atomic mass is 10.0. The highest BCUT2D eigenvalue weighted by Crippen LogP contribution is 2.12. The Balaban J connectivity index is -0.000000487. The Bertz CT molecular complexity index is 226. The molecule has 0 spiro atoms. The smallest absolute Gasteiger partial charge is 0.330 e. The topological polar surface area (TPSA) is 37.3 Å². The fourth-order valence-electron chi connectivity index (χ4n) is 2.27. The third-order valence-electron chi connectivity index (χ3n) is 3.82. The molecule has 0 aromatic heterocycles. The van der Waals surface area contributed by atoms with E-state index in [9.17, 15) is 4.79 Å². The van der Waals surface area contributed by atoms with E-state index in [4.69, 9.17) is 5.11 Å².